The van der Waals surface area contributed by atoms with Crippen molar-refractivity contribution < 1.29 is 86.5 Å². The fourth-order valence-corrected chi connectivity index (χ4v) is 8.62. The molecule has 3 heterocycles. The van der Waals surface area contributed by atoms with E-state index < -0.39 is 131 Å². The lowest BCUT2D eigenvalue weighted by Gasteiger charge is -2.66. The van der Waals surface area contributed by atoms with Crippen molar-refractivity contribution in [1.82, 2.24) is 4.98 Å². The van der Waals surface area contributed by atoms with E-state index in [2.05, 4.69) is 4.98 Å². The molecule has 5 rings (SSSR count). The number of cyclic esters (lactones) is 1. The van der Waals surface area contributed by atoms with E-state index in [0.29, 0.717) is 0 Å². The van der Waals surface area contributed by atoms with Crippen LogP contribution in [0, 0.1) is 11.3 Å². The molecule has 2 saturated carbocycles. The van der Waals surface area contributed by atoms with Gasteiger partial charge in [-0.25, -0.2) is 9.59 Å². The van der Waals surface area contributed by atoms with Crippen LogP contribution in [0.25, 0.3) is 0 Å². The number of ether oxygens (including phenoxy) is 8. The van der Waals surface area contributed by atoms with Gasteiger partial charge in [0.2, 0.25) is 0 Å². The van der Waals surface area contributed by atoms with Gasteiger partial charge in [0.1, 0.15) is 35.9 Å². The van der Waals surface area contributed by atoms with Gasteiger partial charge in [-0.1, -0.05) is 0 Å². The fourth-order valence-electron chi connectivity index (χ4n) is 8.62. The predicted octanol–water partition coefficient (Wildman–Crippen LogP) is -0.385. The minimum absolute atomic E-state index is 0.0929. The Morgan fingerprint density at radius 2 is 1.45 bits per heavy atom. The fraction of sp³-hybridized carbons (Fsp3) is 0.639. The second kappa shape index (κ2) is 14.2. The average molecular weight is 778 g/mol. The number of aliphatic hydroxyl groups is 2. The highest BCUT2D eigenvalue weighted by Crippen LogP contribution is 2.69. The molecule has 3 fully saturated rings. The van der Waals surface area contributed by atoms with Crippen molar-refractivity contribution in [2.24, 2.45) is 11.3 Å². The number of carbonyl (C=O) groups is 8. The average Bonchev–Trinajstić information content (AvgIpc) is 3.30. The van der Waals surface area contributed by atoms with Crippen LogP contribution < -0.4 is 0 Å². The van der Waals surface area contributed by atoms with Crippen molar-refractivity contribution in [2.75, 3.05) is 13.2 Å². The number of aryl methyl sites for hydroxylation is 1. The molecule has 2 N–H and O–H groups in total. The number of pyridine rings is 1. The van der Waals surface area contributed by atoms with E-state index >= 15 is 4.79 Å². The monoisotopic (exact) mass is 777 g/mol. The summed E-state index contributed by atoms with van der Waals surface area (Å²) in [5.74, 6) is -10.7. The van der Waals surface area contributed by atoms with Crippen molar-refractivity contribution in [1.29, 1.82) is 0 Å². The zero-order valence-corrected chi connectivity index (χ0v) is 31.4. The van der Waals surface area contributed by atoms with Crippen LogP contribution in [0.4, 0.5) is 0 Å². The molecule has 1 aromatic rings. The molecule has 55 heavy (non-hydrogen) atoms. The molecule has 0 radical (unpaired) electrons. The first-order valence-corrected chi connectivity index (χ1v) is 17.3. The van der Waals surface area contributed by atoms with Gasteiger partial charge >= 0.3 is 41.8 Å². The molecule has 11 atom stereocenters. The smallest absolute Gasteiger partial charge is 0.340 e. The summed E-state index contributed by atoms with van der Waals surface area (Å²) in [6, 6.07) is 1.45. The highest BCUT2D eigenvalue weighted by Gasteiger charge is 2.91. The third-order valence-electron chi connectivity index (χ3n) is 10.8. The normalized spacial score (nSPS) is 38.2. The summed E-state index contributed by atoms with van der Waals surface area (Å²) in [7, 11) is 0. The Balaban J connectivity index is 1.96. The molecule has 1 spiro atoms. The van der Waals surface area contributed by atoms with Gasteiger partial charge in [-0.05, 0) is 45.2 Å². The van der Waals surface area contributed by atoms with Gasteiger partial charge in [-0.2, -0.15) is 0 Å². The topological polar surface area (TPSA) is 264 Å². The Bertz CT molecular complexity index is 1820. The molecule has 0 unspecified atom stereocenters. The van der Waals surface area contributed by atoms with Gasteiger partial charge in [-0.15, -0.1) is 0 Å². The van der Waals surface area contributed by atoms with Crippen molar-refractivity contribution in [2.45, 2.75) is 121 Å². The Morgan fingerprint density at radius 1 is 0.855 bits per heavy atom. The molecule has 19 nitrogen and oxygen atoms in total. The molecule has 1 saturated heterocycles. The van der Waals surface area contributed by atoms with E-state index in [0.717, 1.165) is 48.5 Å². The van der Waals surface area contributed by atoms with Gasteiger partial charge < -0.3 is 48.1 Å². The second-order valence-electron chi connectivity index (χ2n) is 14.8. The Labute approximate surface area is 314 Å². The predicted molar refractivity (Wildman–Crippen MR) is 176 cm³/mol. The Kier molecular flexibility index (Phi) is 10.7. The molecule has 2 aliphatic carbocycles. The standard InChI is InChI=1S/C36H43NO18/c1-16(38)48-15-35-27(52-19(4)41)24(43)23-26(51-18(3)40)36(35)34(8,47)28(25(50-17(2)39)29(35)53-20(5)42)54-31(45)32(6,46)11-9-21-10-12-37-13-22(21)30(44)49-14-33(23,7)55-36/h10,12-13,23,25-29,46-47H,9,11,14-15H2,1-8H3/t23-,25+,26-,27-,28+,29+,32+,33+,34-,35-,36+/m1/s1. The molecular weight excluding hydrogens is 734 g/mol. The van der Waals surface area contributed by atoms with Crippen LogP contribution in [0.3, 0.4) is 0 Å². The lowest BCUT2D eigenvalue weighted by atomic mass is 9.45. The number of hydrogen-bond acceptors (Lipinski definition) is 19. The highest BCUT2D eigenvalue weighted by atomic mass is 16.7. The minimum atomic E-state index is -2.93. The summed E-state index contributed by atoms with van der Waals surface area (Å²) in [6.07, 6.45) is -8.84. The lowest BCUT2D eigenvalue weighted by molar-refractivity contribution is -0.377. The van der Waals surface area contributed by atoms with Crippen LogP contribution in [-0.4, -0.2) is 129 Å². The van der Waals surface area contributed by atoms with Crippen LogP contribution in [0.1, 0.15) is 77.7 Å². The number of ketones is 1. The Morgan fingerprint density at radius 3 is 2.04 bits per heavy atom. The van der Waals surface area contributed by atoms with Crippen LogP contribution in [0.15, 0.2) is 18.5 Å². The summed E-state index contributed by atoms with van der Waals surface area (Å²) in [4.78, 5) is 111. The van der Waals surface area contributed by atoms with Gasteiger partial charge in [0.25, 0.3) is 0 Å². The Hall–Kier alpha value is -5.01. The molecule has 4 aliphatic rings. The minimum Gasteiger partial charge on any atom is -0.465 e. The van der Waals surface area contributed by atoms with Gasteiger partial charge in [0.05, 0.1) is 11.5 Å². The number of aromatic nitrogens is 1. The van der Waals surface area contributed by atoms with Crippen LogP contribution >= 0.6 is 0 Å². The second-order valence-corrected chi connectivity index (χ2v) is 14.8. The molecule has 1 aromatic heterocycles. The summed E-state index contributed by atoms with van der Waals surface area (Å²) in [5.41, 5.74) is -12.9. The number of Topliss-reactive ketones (excluding diaryl/α,β-unsaturated/α-hetero) is 1. The number of fused-ring (bicyclic) bond motifs is 5. The van der Waals surface area contributed by atoms with Crippen LogP contribution in [0.2, 0.25) is 0 Å². The van der Waals surface area contributed by atoms with E-state index in [1.807, 2.05) is 0 Å². The molecule has 0 amide bonds. The molecule has 2 aliphatic heterocycles. The zero-order chi connectivity index (χ0) is 41.1. The van der Waals surface area contributed by atoms with Crippen LogP contribution in [-0.2, 0) is 77.9 Å². The number of nitrogens with zero attached hydrogens (tertiary/aromatic N) is 1. The van der Waals surface area contributed by atoms with E-state index in [1.165, 1.54) is 25.4 Å². The first kappa shape index (κ1) is 41.2. The first-order chi connectivity index (χ1) is 25.5. The van der Waals surface area contributed by atoms with Gasteiger partial charge in [0.15, 0.2) is 41.4 Å². The summed E-state index contributed by atoms with van der Waals surface area (Å²) in [5, 5.41) is 24.7. The van der Waals surface area contributed by atoms with E-state index in [1.54, 1.807) is 0 Å². The summed E-state index contributed by atoms with van der Waals surface area (Å²) < 4.78 is 46.8. The van der Waals surface area contributed by atoms with Crippen molar-refractivity contribution in [3.05, 3.63) is 29.6 Å². The van der Waals surface area contributed by atoms with Gasteiger partial charge in [0, 0.05) is 47.0 Å². The SMILES string of the molecule is CC(=O)OC[C@]12[C@H](OC(C)=O)C(=O)[C@@H]3[C@@H](OC(C)=O)[C@@]14O[C@@]3(C)COC(=O)c1cnccc1CC[C@](C)(O)C(=O)O[C@@H]([C@H](OC(C)=O)[C@@H]2OC(C)=O)[C@@]4(C)O. The maximum atomic E-state index is 15.1. The number of hydrogen-bond donors (Lipinski definition) is 2. The van der Waals surface area contributed by atoms with Crippen molar-refractivity contribution in [3.63, 3.8) is 0 Å². The molecule has 19 heteroatoms. The highest BCUT2D eigenvalue weighted by molar-refractivity contribution is 5.94. The largest absolute Gasteiger partial charge is 0.465 e. The van der Waals surface area contributed by atoms with Crippen LogP contribution in [0.5, 0.6) is 0 Å². The molecular formula is C36H43NO18. The maximum Gasteiger partial charge on any atom is 0.340 e. The number of rotatable bonds is 6. The third-order valence-corrected chi connectivity index (χ3v) is 10.8. The van der Waals surface area contributed by atoms with E-state index in [-0.39, 0.29) is 17.5 Å². The summed E-state index contributed by atoms with van der Waals surface area (Å²) >= 11 is 0. The van der Waals surface area contributed by atoms with Crippen molar-refractivity contribution >= 4 is 47.6 Å². The quantitative estimate of drug-likeness (QED) is 0.275. The lowest BCUT2D eigenvalue weighted by Crippen LogP contribution is -2.88. The van der Waals surface area contributed by atoms with E-state index in [4.69, 9.17) is 37.9 Å². The number of carbonyl (C=O) groups excluding carboxylic acids is 8. The molecule has 4 bridgehead atoms. The molecule has 300 valence electrons. The molecule has 0 aromatic carbocycles. The van der Waals surface area contributed by atoms with E-state index in [9.17, 15) is 43.8 Å². The zero-order valence-electron chi connectivity index (χ0n) is 31.4. The third kappa shape index (κ3) is 6.60. The maximum absolute atomic E-state index is 15.1. The van der Waals surface area contributed by atoms with Crippen molar-refractivity contribution in [3.8, 4) is 0 Å². The first-order valence-electron chi connectivity index (χ1n) is 17.3. The summed E-state index contributed by atoms with van der Waals surface area (Å²) in [6.45, 7) is 6.06. The van der Waals surface area contributed by atoms with Gasteiger partial charge in [-0.3, -0.25) is 33.8 Å². The number of esters is 7.